The van der Waals surface area contributed by atoms with Gasteiger partial charge in [0.2, 0.25) is 0 Å². The molecule has 26 heavy (non-hydrogen) atoms. The molecule has 0 aliphatic rings. The average Bonchev–Trinajstić information content (AvgIpc) is 2.65. The van der Waals surface area contributed by atoms with Crippen molar-refractivity contribution in [3.63, 3.8) is 0 Å². The van der Waals surface area contributed by atoms with Crippen molar-refractivity contribution in [3.8, 4) is 11.3 Å². The Morgan fingerprint density at radius 1 is 1.31 bits per heavy atom. The number of pyridine rings is 2. The first-order valence-corrected chi connectivity index (χ1v) is 8.10. The van der Waals surface area contributed by atoms with E-state index in [1.807, 2.05) is 43.3 Å². The van der Waals surface area contributed by atoms with Crippen molar-refractivity contribution >= 4 is 22.6 Å². The summed E-state index contributed by atoms with van der Waals surface area (Å²) in [5.41, 5.74) is 3.67. The van der Waals surface area contributed by atoms with E-state index in [2.05, 4.69) is 16.9 Å². The molecule has 3 aromatic rings. The highest BCUT2D eigenvalue weighted by Gasteiger charge is 2.16. The van der Waals surface area contributed by atoms with Gasteiger partial charge in [0.25, 0.3) is 5.56 Å². The molecule has 0 radical (unpaired) electrons. The SMILES string of the molecule is C=C(NCC(=O)O)c1c(C)c2cc(-c3ccccc3)ncc2n(C)c1=O. The molecule has 1 aromatic carbocycles. The summed E-state index contributed by atoms with van der Waals surface area (Å²) in [6.45, 7) is 5.38. The maximum absolute atomic E-state index is 12.7. The third-order valence-electron chi connectivity index (χ3n) is 4.37. The van der Waals surface area contributed by atoms with Crippen molar-refractivity contribution in [2.45, 2.75) is 6.92 Å². The summed E-state index contributed by atoms with van der Waals surface area (Å²) in [6, 6.07) is 11.7. The van der Waals surface area contributed by atoms with Crippen LogP contribution in [0.1, 0.15) is 11.1 Å². The first-order valence-electron chi connectivity index (χ1n) is 8.10. The number of rotatable bonds is 5. The molecule has 3 rings (SSSR count). The van der Waals surface area contributed by atoms with Crippen LogP contribution in [-0.4, -0.2) is 27.2 Å². The van der Waals surface area contributed by atoms with E-state index in [-0.39, 0.29) is 12.1 Å². The van der Waals surface area contributed by atoms with Gasteiger partial charge < -0.3 is 15.0 Å². The van der Waals surface area contributed by atoms with Crippen LogP contribution in [0, 0.1) is 6.92 Å². The molecule has 6 nitrogen and oxygen atoms in total. The van der Waals surface area contributed by atoms with Gasteiger partial charge in [0.05, 0.1) is 23.0 Å². The van der Waals surface area contributed by atoms with Crippen LogP contribution < -0.4 is 10.9 Å². The number of nitrogens with zero attached hydrogens (tertiary/aromatic N) is 2. The number of aliphatic carboxylic acids is 1. The van der Waals surface area contributed by atoms with Gasteiger partial charge in [0.15, 0.2) is 0 Å². The fourth-order valence-electron chi connectivity index (χ4n) is 2.98. The number of hydrogen-bond donors (Lipinski definition) is 2. The normalized spacial score (nSPS) is 10.7. The summed E-state index contributed by atoms with van der Waals surface area (Å²) in [4.78, 5) is 28.0. The summed E-state index contributed by atoms with van der Waals surface area (Å²) in [6.07, 6.45) is 1.68. The summed E-state index contributed by atoms with van der Waals surface area (Å²) >= 11 is 0. The molecule has 0 aliphatic heterocycles. The van der Waals surface area contributed by atoms with E-state index in [9.17, 15) is 9.59 Å². The largest absolute Gasteiger partial charge is 0.480 e. The van der Waals surface area contributed by atoms with Crippen molar-refractivity contribution in [1.29, 1.82) is 0 Å². The third-order valence-corrected chi connectivity index (χ3v) is 4.37. The second kappa shape index (κ2) is 6.84. The predicted molar refractivity (Wildman–Crippen MR) is 102 cm³/mol. The number of hydrogen-bond acceptors (Lipinski definition) is 4. The lowest BCUT2D eigenvalue weighted by molar-refractivity contribution is -0.135. The lowest BCUT2D eigenvalue weighted by Gasteiger charge is -2.16. The quantitative estimate of drug-likeness (QED) is 0.739. The van der Waals surface area contributed by atoms with Crippen LogP contribution in [0.25, 0.3) is 27.9 Å². The van der Waals surface area contributed by atoms with E-state index in [1.165, 1.54) is 4.57 Å². The van der Waals surface area contributed by atoms with E-state index < -0.39 is 5.97 Å². The zero-order chi connectivity index (χ0) is 18.8. The number of aromatic nitrogens is 2. The van der Waals surface area contributed by atoms with Gasteiger partial charge in [-0.05, 0) is 18.6 Å². The van der Waals surface area contributed by atoms with Gasteiger partial charge >= 0.3 is 5.97 Å². The molecule has 132 valence electrons. The van der Waals surface area contributed by atoms with Gasteiger partial charge in [-0.15, -0.1) is 0 Å². The smallest absolute Gasteiger partial charge is 0.322 e. The topological polar surface area (TPSA) is 84.2 Å². The Kier molecular flexibility index (Phi) is 4.58. The molecule has 2 aromatic heterocycles. The fraction of sp³-hybridized carbons (Fsp3) is 0.150. The zero-order valence-electron chi connectivity index (χ0n) is 14.6. The Morgan fingerprint density at radius 2 is 2.00 bits per heavy atom. The molecule has 0 aliphatic carbocycles. The van der Waals surface area contributed by atoms with Crippen LogP contribution in [0.15, 0.2) is 54.0 Å². The molecule has 2 heterocycles. The molecule has 2 N–H and O–H groups in total. The highest BCUT2D eigenvalue weighted by atomic mass is 16.4. The molecule has 0 amide bonds. The van der Waals surface area contributed by atoms with Crippen LogP contribution in [0.5, 0.6) is 0 Å². The molecule has 0 unspecified atom stereocenters. The molecule has 6 heteroatoms. The fourth-order valence-corrected chi connectivity index (χ4v) is 2.98. The summed E-state index contributed by atoms with van der Waals surface area (Å²) in [7, 11) is 1.67. The number of carboxylic acid groups (broad SMARTS) is 1. The highest BCUT2D eigenvalue weighted by molar-refractivity contribution is 5.89. The molecule has 0 bridgehead atoms. The number of benzene rings is 1. The summed E-state index contributed by atoms with van der Waals surface area (Å²) < 4.78 is 1.51. The van der Waals surface area contributed by atoms with Crippen molar-refractivity contribution in [1.82, 2.24) is 14.9 Å². The van der Waals surface area contributed by atoms with Gasteiger partial charge in [0, 0.05) is 23.7 Å². The van der Waals surface area contributed by atoms with Gasteiger partial charge in [-0.2, -0.15) is 0 Å². The third kappa shape index (κ3) is 3.09. The van der Waals surface area contributed by atoms with Gasteiger partial charge in [-0.3, -0.25) is 14.6 Å². The number of nitrogens with one attached hydrogen (secondary N) is 1. The molecular weight excluding hydrogens is 330 g/mol. The Bertz CT molecular complexity index is 1070. The van der Waals surface area contributed by atoms with Gasteiger partial charge in [-0.1, -0.05) is 36.9 Å². The zero-order valence-corrected chi connectivity index (χ0v) is 14.6. The molecule has 0 spiro atoms. The molecular formula is C20H19N3O3. The first-order chi connectivity index (χ1) is 12.4. The summed E-state index contributed by atoms with van der Waals surface area (Å²) in [5, 5.41) is 12.4. The average molecular weight is 349 g/mol. The lowest BCUT2D eigenvalue weighted by atomic mass is 10.0. The standard InChI is InChI=1S/C20H19N3O3/c1-12-15-9-16(14-7-5-4-6-8-14)22-10-17(15)23(3)20(26)19(12)13(2)21-11-18(24)25/h4-10,21H,2,11H2,1,3H3,(H,24,25). The number of fused-ring (bicyclic) bond motifs is 1. The Labute approximate surface area is 150 Å². The monoisotopic (exact) mass is 349 g/mol. The molecule has 0 atom stereocenters. The van der Waals surface area contributed by atoms with E-state index in [0.29, 0.717) is 16.8 Å². The van der Waals surface area contributed by atoms with E-state index >= 15 is 0 Å². The highest BCUT2D eigenvalue weighted by Crippen LogP contribution is 2.26. The summed E-state index contributed by atoms with van der Waals surface area (Å²) in [5.74, 6) is -1.02. The minimum Gasteiger partial charge on any atom is -0.480 e. The second-order valence-electron chi connectivity index (χ2n) is 6.04. The van der Waals surface area contributed by atoms with E-state index in [1.54, 1.807) is 13.2 Å². The van der Waals surface area contributed by atoms with Crippen LogP contribution >= 0.6 is 0 Å². The molecule has 0 fully saturated rings. The Balaban J connectivity index is 2.19. The van der Waals surface area contributed by atoms with E-state index in [0.717, 1.165) is 22.2 Å². The molecule has 0 saturated heterocycles. The van der Waals surface area contributed by atoms with Crippen LogP contribution in [0.2, 0.25) is 0 Å². The van der Waals surface area contributed by atoms with Gasteiger partial charge in [-0.25, -0.2) is 0 Å². The minimum atomic E-state index is -1.02. The minimum absolute atomic E-state index is 0.243. The van der Waals surface area contributed by atoms with Crippen LogP contribution in [-0.2, 0) is 11.8 Å². The molecule has 0 saturated carbocycles. The first kappa shape index (κ1) is 17.4. The predicted octanol–water partition coefficient (Wildman–Crippen LogP) is 2.55. The van der Waals surface area contributed by atoms with E-state index in [4.69, 9.17) is 5.11 Å². The lowest BCUT2D eigenvalue weighted by Crippen LogP contribution is -2.28. The second-order valence-corrected chi connectivity index (χ2v) is 6.04. The van der Waals surface area contributed by atoms with Crippen LogP contribution in [0.3, 0.4) is 0 Å². The van der Waals surface area contributed by atoms with Crippen molar-refractivity contribution in [2.75, 3.05) is 6.54 Å². The number of carboxylic acids is 1. The van der Waals surface area contributed by atoms with Gasteiger partial charge in [0.1, 0.15) is 6.54 Å². The Morgan fingerprint density at radius 3 is 2.65 bits per heavy atom. The van der Waals surface area contributed by atoms with Crippen molar-refractivity contribution < 1.29 is 9.90 Å². The number of aryl methyl sites for hydroxylation is 2. The Hall–Kier alpha value is -3.41. The van der Waals surface area contributed by atoms with Crippen LogP contribution in [0.4, 0.5) is 0 Å². The maximum atomic E-state index is 12.7. The number of carbonyl (C=O) groups is 1. The van der Waals surface area contributed by atoms with Crippen molar-refractivity contribution in [2.24, 2.45) is 7.05 Å². The maximum Gasteiger partial charge on any atom is 0.322 e. The van der Waals surface area contributed by atoms with Crippen molar-refractivity contribution in [3.05, 3.63) is 70.7 Å².